The fourth-order valence-corrected chi connectivity index (χ4v) is 1.58. The molecule has 0 radical (unpaired) electrons. The zero-order valence-electron chi connectivity index (χ0n) is 9.64. The highest BCUT2D eigenvalue weighted by atomic mass is 16.3. The summed E-state index contributed by atoms with van der Waals surface area (Å²) in [6, 6.07) is 9.19. The number of nitrogens with one attached hydrogen (secondary N) is 1. The Bertz CT molecular complexity index is 483. The molecule has 0 fully saturated rings. The molecule has 0 aliphatic carbocycles. The number of aliphatic hydroxyl groups is 1. The molecule has 2 rings (SSSR count). The molecule has 0 bridgehead atoms. The minimum atomic E-state index is -0.411. The first-order chi connectivity index (χ1) is 8.16. The van der Waals surface area contributed by atoms with Crippen LogP contribution in [0.25, 0.3) is 11.0 Å². The van der Waals surface area contributed by atoms with Crippen molar-refractivity contribution in [3.05, 3.63) is 36.1 Å². The summed E-state index contributed by atoms with van der Waals surface area (Å²) >= 11 is 0. The average Bonchev–Trinajstić information content (AvgIpc) is 2.71. The molecule has 1 amide bonds. The number of hydrogen-bond acceptors (Lipinski definition) is 3. The van der Waals surface area contributed by atoms with Crippen LogP contribution in [0.4, 0.5) is 0 Å². The number of para-hydroxylation sites is 1. The lowest BCUT2D eigenvalue weighted by atomic mass is 10.2. The van der Waals surface area contributed by atoms with Crippen LogP contribution >= 0.6 is 0 Å². The van der Waals surface area contributed by atoms with E-state index in [4.69, 9.17) is 9.52 Å². The fraction of sp³-hybridized carbons (Fsp3) is 0.308. The lowest BCUT2D eigenvalue weighted by Crippen LogP contribution is -2.26. The third-order valence-corrected chi connectivity index (χ3v) is 2.50. The largest absolute Gasteiger partial charge is 0.451 e. The van der Waals surface area contributed by atoms with Crippen LogP contribution in [0.2, 0.25) is 0 Å². The van der Waals surface area contributed by atoms with E-state index in [2.05, 4.69) is 5.32 Å². The molecule has 2 N–H and O–H groups in total. The highest BCUT2D eigenvalue weighted by molar-refractivity contribution is 5.95. The summed E-state index contributed by atoms with van der Waals surface area (Å²) in [5, 5.41) is 12.7. The van der Waals surface area contributed by atoms with E-state index in [-0.39, 0.29) is 5.91 Å². The number of carbonyl (C=O) groups is 1. The summed E-state index contributed by atoms with van der Waals surface area (Å²) in [7, 11) is 0. The van der Waals surface area contributed by atoms with Crippen LogP contribution in [0.1, 0.15) is 23.9 Å². The number of fused-ring (bicyclic) bond motifs is 1. The second-order valence-corrected chi connectivity index (χ2v) is 4.04. The Kier molecular flexibility index (Phi) is 3.44. The Hall–Kier alpha value is -1.81. The topological polar surface area (TPSA) is 62.5 Å². The molecule has 1 atom stereocenters. The maximum atomic E-state index is 11.7. The van der Waals surface area contributed by atoms with Gasteiger partial charge in [-0.05, 0) is 25.5 Å². The standard InChI is InChI=1S/C13H15NO3/c1-9(15)6-7-14-13(16)12-8-10-4-2-3-5-11(10)17-12/h2-5,8-9,15H,6-7H2,1H3,(H,14,16). The van der Waals surface area contributed by atoms with Gasteiger partial charge >= 0.3 is 0 Å². The van der Waals surface area contributed by atoms with Crippen molar-refractivity contribution >= 4 is 16.9 Å². The first-order valence-electron chi connectivity index (χ1n) is 5.61. The van der Waals surface area contributed by atoms with Crippen molar-refractivity contribution in [2.45, 2.75) is 19.4 Å². The second-order valence-electron chi connectivity index (χ2n) is 4.04. The van der Waals surface area contributed by atoms with Crippen molar-refractivity contribution in [3.63, 3.8) is 0 Å². The number of aliphatic hydroxyl groups excluding tert-OH is 1. The molecule has 17 heavy (non-hydrogen) atoms. The zero-order valence-corrected chi connectivity index (χ0v) is 9.64. The van der Waals surface area contributed by atoms with Crippen LogP contribution in [-0.4, -0.2) is 23.7 Å². The van der Waals surface area contributed by atoms with Gasteiger partial charge in [-0.1, -0.05) is 18.2 Å². The summed E-state index contributed by atoms with van der Waals surface area (Å²) in [5.41, 5.74) is 0.702. The first-order valence-corrected chi connectivity index (χ1v) is 5.61. The molecule has 1 aromatic carbocycles. The maximum Gasteiger partial charge on any atom is 0.287 e. The van der Waals surface area contributed by atoms with E-state index in [0.717, 1.165) is 5.39 Å². The number of furan rings is 1. The van der Waals surface area contributed by atoms with Crippen LogP contribution in [0.5, 0.6) is 0 Å². The van der Waals surface area contributed by atoms with Gasteiger partial charge in [-0.15, -0.1) is 0 Å². The van der Waals surface area contributed by atoms with E-state index in [9.17, 15) is 4.79 Å². The van der Waals surface area contributed by atoms with Crippen molar-refractivity contribution in [2.24, 2.45) is 0 Å². The quantitative estimate of drug-likeness (QED) is 0.848. The SMILES string of the molecule is CC(O)CCNC(=O)c1cc2ccccc2o1. The molecule has 1 heterocycles. The molecule has 0 saturated carbocycles. The van der Waals surface area contributed by atoms with Crippen molar-refractivity contribution in [2.75, 3.05) is 6.54 Å². The minimum Gasteiger partial charge on any atom is -0.451 e. The molecule has 0 aliphatic rings. The molecule has 0 aliphatic heterocycles. The fourth-order valence-electron chi connectivity index (χ4n) is 1.58. The highest BCUT2D eigenvalue weighted by Gasteiger charge is 2.11. The molecule has 0 saturated heterocycles. The van der Waals surface area contributed by atoms with Crippen molar-refractivity contribution in [1.82, 2.24) is 5.32 Å². The van der Waals surface area contributed by atoms with Gasteiger partial charge in [-0.3, -0.25) is 4.79 Å². The third kappa shape index (κ3) is 2.85. The van der Waals surface area contributed by atoms with Crippen LogP contribution < -0.4 is 5.32 Å². The van der Waals surface area contributed by atoms with E-state index in [0.29, 0.717) is 24.3 Å². The van der Waals surface area contributed by atoms with Gasteiger partial charge in [0, 0.05) is 11.9 Å². The average molecular weight is 233 g/mol. The van der Waals surface area contributed by atoms with Gasteiger partial charge in [0.1, 0.15) is 5.58 Å². The smallest absolute Gasteiger partial charge is 0.287 e. The Balaban J connectivity index is 2.04. The van der Waals surface area contributed by atoms with E-state index in [1.807, 2.05) is 24.3 Å². The summed E-state index contributed by atoms with van der Waals surface area (Å²) < 4.78 is 5.41. The van der Waals surface area contributed by atoms with Gasteiger partial charge < -0.3 is 14.8 Å². The third-order valence-electron chi connectivity index (χ3n) is 2.50. The molecular weight excluding hydrogens is 218 g/mol. The summed E-state index contributed by atoms with van der Waals surface area (Å²) in [6.45, 7) is 2.13. The van der Waals surface area contributed by atoms with Gasteiger partial charge in [-0.25, -0.2) is 0 Å². The van der Waals surface area contributed by atoms with Crippen molar-refractivity contribution in [1.29, 1.82) is 0 Å². The summed E-state index contributed by atoms with van der Waals surface area (Å²) in [6.07, 6.45) is 0.123. The normalized spacial score (nSPS) is 12.6. The molecule has 4 heteroatoms. The minimum absolute atomic E-state index is 0.248. The van der Waals surface area contributed by atoms with Gasteiger partial charge in [0.25, 0.3) is 5.91 Å². The predicted octanol–water partition coefficient (Wildman–Crippen LogP) is 1.93. The Labute approximate surface area is 99.2 Å². The number of carbonyl (C=O) groups excluding carboxylic acids is 1. The van der Waals surface area contributed by atoms with Crippen LogP contribution in [0, 0.1) is 0 Å². The number of hydrogen-bond donors (Lipinski definition) is 2. The molecular formula is C13H15NO3. The molecule has 1 unspecified atom stereocenters. The Morgan fingerprint density at radius 1 is 1.47 bits per heavy atom. The number of benzene rings is 1. The molecule has 1 aromatic heterocycles. The summed E-state index contributed by atoms with van der Waals surface area (Å²) in [4.78, 5) is 11.7. The van der Waals surface area contributed by atoms with Gasteiger partial charge in [0.15, 0.2) is 5.76 Å². The summed E-state index contributed by atoms with van der Waals surface area (Å²) in [5.74, 6) is 0.0543. The zero-order chi connectivity index (χ0) is 12.3. The number of rotatable bonds is 4. The van der Waals surface area contributed by atoms with Crippen LogP contribution in [0.15, 0.2) is 34.7 Å². The van der Waals surface area contributed by atoms with Gasteiger partial charge in [0.2, 0.25) is 0 Å². The van der Waals surface area contributed by atoms with Crippen molar-refractivity contribution < 1.29 is 14.3 Å². The first kappa shape index (κ1) is 11.7. The van der Waals surface area contributed by atoms with Crippen molar-refractivity contribution in [3.8, 4) is 0 Å². The van der Waals surface area contributed by atoms with E-state index < -0.39 is 6.10 Å². The molecule has 2 aromatic rings. The Morgan fingerprint density at radius 2 is 2.24 bits per heavy atom. The molecule has 4 nitrogen and oxygen atoms in total. The van der Waals surface area contributed by atoms with E-state index >= 15 is 0 Å². The van der Waals surface area contributed by atoms with Gasteiger partial charge in [0.05, 0.1) is 6.10 Å². The lowest BCUT2D eigenvalue weighted by Gasteiger charge is -2.04. The Morgan fingerprint density at radius 3 is 2.94 bits per heavy atom. The van der Waals surface area contributed by atoms with Crippen LogP contribution in [-0.2, 0) is 0 Å². The monoisotopic (exact) mass is 233 g/mol. The predicted molar refractivity (Wildman–Crippen MR) is 64.8 cm³/mol. The molecule has 90 valence electrons. The maximum absolute atomic E-state index is 11.7. The molecule has 0 spiro atoms. The lowest BCUT2D eigenvalue weighted by molar-refractivity contribution is 0.0920. The van der Waals surface area contributed by atoms with Crippen LogP contribution in [0.3, 0.4) is 0 Å². The van der Waals surface area contributed by atoms with E-state index in [1.165, 1.54) is 0 Å². The van der Waals surface area contributed by atoms with E-state index in [1.54, 1.807) is 13.0 Å². The van der Waals surface area contributed by atoms with Gasteiger partial charge in [-0.2, -0.15) is 0 Å². The highest BCUT2D eigenvalue weighted by Crippen LogP contribution is 2.18. The second kappa shape index (κ2) is 5.01. The number of amides is 1.